The van der Waals surface area contributed by atoms with Crippen molar-refractivity contribution in [2.75, 3.05) is 37.6 Å². The molecule has 1 aliphatic carbocycles. The largest absolute Gasteiger partial charge is 0.425 e. The molecule has 0 unspecified atom stereocenters. The highest BCUT2D eigenvalue weighted by Crippen LogP contribution is 2.39. The average molecular weight is 452 g/mol. The van der Waals surface area contributed by atoms with E-state index in [-0.39, 0.29) is 5.41 Å². The number of rotatable bonds is 6. The minimum atomic E-state index is -0.102. The van der Waals surface area contributed by atoms with Crippen molar-refractivity contribution in [1.29, 1.82) is 0 Å². The standard InChI is InChI=1S/C27H41N5O/c1-19(2)23-16-21(17-25-29-30-26(33-25)27(4,5)6)20(3)15-22(23)18-31-11-13-32(14-12-31)24-9-7-8-10-28-24/h7-10,15,19,21-23H,11-14,16-18H2,1-6H3/t21-,22-,23-/m0/s1. The van der Waals surface area contributed by atoms with Crippen molar-refractivity contribution in [2.24, 2.45) is 23.7 Å². The van der Waals surface area contributed by atoms with Gasteiger partial charge in [-0.15, -0.1) is 10.2 Å². The number of piperazine rings is 1. The fraction of sp³-hybridized carbons (Fsp3) is 0.667. The third kappa shape index (κ3) is 5.84. The molecule has 1 fully saturated rings. The number of hydrogen-bond donors (Lipinski definition) is 0. The first-order valence-corrected chi connectivity index (χ1v) is 12.6. The van der Waals surface area contributed by atoms with Gasteiger partial charge in [-0.05, 0) is 49.1 Å². The Balaban J connectivity index is 1.38. The Hall–Kier alpha value is -2.21. The van der Waals surface area contributed by atoms with Gasteiger partial charge >= 0.3 is 0 Å². The van der Waals surface area contributed by atoms with Gasteiger partial charge in [-0.25, -0.2) is 4.98 Å². The van der Waals surface area contributed by atoms with Crippen LogP contribution in [0.2, 0.25) is 0 Å². The second kappa shape index (κ2) is 9.96. The molecule has 0 radical (unpaired) electrons. The van der Waals surface area contributed by atoms with Gasteiger partial charge in [-0.1, -0.05) is 52.3 Å². The van der Waals surface area contributed by atoms with E-state index in [9.17, 15) is 0 Å². The van der Waals surface area contributed by atoms with Gasteiger partial charge in [0.2, 0.25) is 11.8 Å². The smallest absolute Gasteiger partial charge is 0.221 e. The van der Waals surface area contributed by atoms with Crippen molar-refractivity contribution < 1.29 is 4.42 Å². The van der Waals surface area contributed by atoms with Crippen molar-refractivity contribution >= 4 is 5.82 Å². The lowest BCUT2D eigenvalue weighted by molar-refractivity contribution is 0.154. The van der Waals surface area contributed by atoms with E-state index in [0.29, 0.717) is 23.7 Å². The quantitative estimate of drug-likeness (QED) is 0.577. The summed E-state index contributed by atoms with van der Waals surface area (Å²) in [6.07, 6.45) is 6.50. The number of nitrogens with zero attached hydrogens (tertiary/aromatic N) is 5. The molecule has 0 bridgehead atoms. The van der Waals surface area contributed by atoms with E-state index in [0.717, 1.165) is 56.7 Å². The molecule has 3 heterocycles. The maximum atomic E-state index is 6.02. The van der Waals surface area contributed by atoms with Crippen LogP contribution in [0.4, 0.5) is 5.82 Å². The molecule has 3 atom stereocenters. The summed E-state index contributed by atoms with van der Waals surface area (Å²) in [7, 11) is 0. The average Bonchev–Trinajstić information content (AvgIpc) is 3.26. The highest BCUT2D eigenvalue weighted by atomic mass is 16.4. The molecule has 180 valence electrons. The summed E-state index contributed by atoms with van der Waals surface area (Å²) in [6.45, 7) is 18.9. The zero-order valence-electron chi connectivity index (χ0n) is 21.3. The van der Waals surface area contributed by atoms with Crippen molar-refractivity contribution in [3.8, 4) is 0 Å². The van der Waals surface area contributed by atoms with E-state index in [1.54, 1.807) is 0 Å². The second-order valence-electron chi connectivity index (χ2n) is 11.3. The van der Waals surface area contributed by atoms with Gasteiger partial charge in [0.1, 0.15) is 5.82 Å². The highest BCUT2D eigenvalue weighted by Gasteiger charge is 2.34. The molecule has 2 aromatic rings. The van der Waals surface area contributed by atoms with Crippen LogP contribution in [-0.4, -0.2) is 52.8 Å². The van der Waals surface area contributed by atoms with Gasteiger partial charge in [0.15, 0.2) is 0 Å². The van der Waals surface area contributed by atoms with Crippen LogP contribution in [0.5, 0.6) is 0 Å². The molecular formula is C27H41N5O. The monoisotopic (exact) mass is 451 g/mol. The molecule has 4 rings (SSSR count). The predicted molar refractivity (Wildman–Crippen MR) is 133 cm³/mol. The molecule has 2 aliphatic rings. The summed E-state index contributed by atoms with van der Waals surface area (Å²) in [6, 6.07) is 6.18. The van der Waals surface area contributed by atoms with Crippen molar-refractivity contribution in [1.82, 2.24) is 20.1 Å². The minimum Gasteiger partial charge on any atom is -0.425 e. The van der Waals surface area contributed by atoms with E-state index < -0.39 is 0 Å². The summed E-state index contributed by atoms with van der Waals surface area (Å²) in [4.78, 5) is 9.58. The van der Waals surface area contributed by atoms with Crippen LogP contribution in [0, 0.1) is 23.7 Å². The maximum absolute atomic E-state index is 6.02. The molecule has 0 amide bonds. The van der Waals surface area contributed by atoms with E-state index in [4.69, 9.17) is 4.42 Å². The molecule has 0 N–H and O–H groups in total. The number of hydrogen-bond acceptors (Lipinski definition) is 6. The highest BCUT2D eigenvalue weighted by molar-refractivity contribution is 5.38. The van der Waals surface area contributed by atoms with Crippen molar-refractivity contribution in [3.63, 3.8) is 0 Å². The van der Waals surface area contributed by atoms with Crippen molar-refractivity contribution in [2.45, 2.75) is 59.8 Å². The normalized spacial score (nSPS) is 24.9. The van der Waals surface area contributed by atoms with Gasteiger partial charge in [0, 0.05) is 50.8 Å². The zero-order valence-corrected chi connectivity index (χ0v) is 21.3. The van der Waals surface area contributed by atoms with Crippen LogP contribution >= 0.6 is 0 Å². The molecule has 1 saturated heterocycles. The number of aromatic nitrogens is 3. The summed E-state index contributed by atoms with van der Waals surface area (Å²) in [5, 5.41) is 8.67. The molecule has 6 heteroatoms. The Labute approximate surface area is 199 Å². The SMILES string of the molecule is CC1=C[C@@H](CN2CCN(c3ccccn3)CC2)[C@H](C(C)C)C[C@H]1Cc1nnc(C(C)(C)C)o1. The molecule has 0 saturated carbocycles. The Kier molecular flexibility index (Phi) is 7.22. The minimum absolute atomic E-state index is 0.102. The van der Waals surface area contributed by atoms with Crippen LogP contribution in [0.3, 0.4) is 0 Å². The summed E-state index contributed by atoms with van der Waals surface area (Å²) >= 11 is 0. The molecular weight excluding hydrogens is 410 g/mol. The first-order valence-electron chi connectivity index (χ1n) is 12.6. The second-order valence-corrected chi connectivity index (χ2v) is 11.3. The third-order valence-electron chi connectivity index (χ3n) is 7.43. The lowest BCUT2D eigenvalue weighted by Gasteiger charge is -2.41. The first kappa shape index (κ1) is 23.9. The van der Waals surface area contributed by atoms with Crippen molar-refractivity contribution in [3.05, 3.63) is 47.8 Å². The predicted octanol–water partition coefficient (Wildman–Crippen LogP) is 4.98. The molecule has 0 aromatic carbocycles. The Morgan fingerprint density at radius 2 is 1.85 bits per heavy atom. The van der Waals surface area contributed by atoms with Gasteiger partial charge in [-0.2, -0.15) is 0 Å². The van der Waals surface area contributed by atoms with Crippen LogP contribution in [-0.2, 0) is 11.8 Å². The molecule has 1 aliphatic heterocycles. The van der Waals surface area contributed by atoms with Crippen LogP contribution in [0.1, 0.15) is 59.7 Å². The van der Waals surface area contributed by atoms with E-state index in [1.807, 2.05) is 12.3 Å². The molecule has 0 spiro atoms. The third-order valence-corrected chi connectivity index (χ3v) is 7.43. The fourth-order valence-corrected chi connectivity index (χ4v) is 5.33. The molecule has 6 nitrogen and oxygen atoms in total. The number of anilines is 1. The van der Waals surface area contributed by atoms with Crippen LogP contribution in [0.15, 0.2) is 40.5 Å². The van der Waals surface area contributed by atoms with Gasteiger partial charge < -0.3 is 9.32 Å². The van der Waals surface area contributed by atoms with Crippen LogP contribution < -0.4 is 4.90 Å². The van der Waals surface area contributed by atoms with Gasteiger partial charge in [-0.3, -0.25) is 4.90 Å². The molecule has 33 heavy (non-hydrogen) atoms. The van der Waals surface area contributed by atoms with Crippen LogP contribution in [0.25, 0.3) is 0 Å². The lowest BCUT2D eigenvalue weighted by Crippen LogP contribution is -2.49. The maximum Gasteiger partial charge on any atom is 0.221 e. The number of pyridine rings is 1. The number of allylic oxidation sites excluding steroid dienone is 1. The van der Waals surface area contributed by atoms with E-state index in [1.165, 1.54) is 12.0 Å². The summed E-state index contributed by atoms with van der Waals surface area (Å²) in [5.41, 5.74) is 1.38. The Morgan fingerprint density at radius 3 is 2.45 bits per heavy atom. The lowest BCUT2D eigenvalue weighted by atomic mass is 9.69. The Bertz CT molecular complexity index is 921. The summed E-state index contributed by atoms with van der Waals surface area (Å²) in [5.74, 6) is 5.05. The topological polar surface area (TPSA) is 58.3 Å². The zero-order chi connectivity index (χ0) is 23.6. The van der Waals surface area contributed by atoms with E-state index in [2.05, 4.69) is 84.7 Å². The summed E-state index contributed by atoms with van der Waals surface area (Å²) < 4.78 is 6.02. The molecule has 2 aromatic heterocycles. The van der Waals surface area contributed by atoms with Gasteiger partial charge in [0.25, 0.3) is 0 Å². The Morgan fingerprint density at radius 1 is 1.09 bits per heavy atom. The van der Waals surface area contributed by atoms with Gasteiger partial charge in [0.05, 0.1) is 0 Å². The first-order chi connectivity index (χ1) is 15.7. The van der Waals surface area contributed by atoms with E-state index >= 15 is 0 Å². The fourth-order valence-electron chi connectivity index (χ4n) is 5.33.